The topological polar surface area (TPSA) is 111 Å². The van der Waals surface area contributed by atoms with Crippen LogP contribution >= 0.6 is 0 Å². The van der Waals surface area contributed by atoms with Crippen LogP contribution < -0.4 is 15.8 Å². The van der Waals surface area contributed by atoms with Gasteiger partial charge >= 0.3 is 0 Å². The third-order valence-electron chi connectivity index (χ3n) is 1.94. The number of hydrogen-bond donors (Lipinski definition) is 3. The molecule has 106 valence electrons. The van der Waals surface area contributed by atoms with Gasteiger partial charge in [0.2, 0.25) is 15.9 Å². The average Bonchev–Trinajstić information content (AvgIpc) is 2.27. The molecule has 0 aliphatic rings. The minimum absolute atomic E-state index is 0.0963. The molecule has 0 heterocycles. The lowest BCUT2D eigenvalue weighted by molar-refractivity contribution is -0.120. The van der Waals surface area contributed by atoms with Gasteiger partial charge in [-0.25, -0.2) is 8.42 Å². The molecule has 0 bridgehead atoms. The normalized spacial score (nSPS) is 11.1. The third kappa shape index (κ3) is 6.75. The van der Waals surface area contributed by atoms with Gasteiger partial charge in [-0.05, 0) is 18.2 Å². The predicted octanol–water partition coefficient (Wildman–Crippen LogP) is -0.0281. The molecule has 0 aliphatic carbocycles. The molecule has 0 aromatic heterocycles. The van der Waals surface area contributed by atoms with Crippen molar-refractivity contribution in [1.29, 1.82) is 0 Å². The molecule has 0 radical (unpaired) electrons. The van der Waals surface area contributed by atoms with Crippen LogP contribution in [0.25, 0.3) is 0 Å². The molecule has 1 amide bonds. The van der Waals surface area contributed by atoms with Crippen molar-refractivity contribution in [3.63, 3.8) is 0 Å². The summed E-state index contributed by atoms with van der Waals surface area (Å²) < 4.78 is 29.5. The van der Waals surface area contributed by atoms with Gasteiger partial charge < -0.3 is 15.8 Å². The largest absolute Gasteiger partial charge is 0.370 e. The third-order valence-corrected chi connectivity index (χ3v) is 2.55. The molecular weight excluding hydrogens is 270 g/mol. The van der Waals surface area contributed by atoms with Gasteiger partial charge in [0, 0.05) is 12.2 Å². The molecule has 7 nitrogen and oxygen atoms in total. The Morgan fingerprint density at radius 1 is 1.37 bits per heavy atom. The zero-order chi connectivity index (χ0) is 14.3. The average molecular weight is 287 g/mol. The first-order chi connectivity index (χ1) is 8.90. The second kappa shape index (κ2) is 7.07. The minimum atomic E-state index is -3.34. The standard InChI is InChI=1S/C11H17N3O4S/c1-19(16,17)14-10-4-2-3-9(7-10)13-11(15)8-18-6-5-12/h2-4,7,14H,5-6,8,12H2,1H3,(H,13,15). The Hall–Kier alpha value is -1.64. The van der Waals surface area contributed by atoms with Crippen LogP contribution in [-0.2, 0) is 19.6 Å². The van der Waals surface area contributed by atoms with E-state index in [1.807, 2.05) is 0 Å². The molecule has 0 saturated heterocycles. The van der Waals surface area contributed by atoms with Crippen LogP contribution in [0.15, 0.2) is 24.3 Å². The van der Waals surface area contributed by atoms with Crippen molar-refractivity contribution in [2.45, 2.75) is 0 Å². The molecule has 1 rings (SSSR count). The molecule has 0 atom stereocenters. The predicted molar refractivity (Wildman–Crippen MR) is 73.4 cm³/mol. The van der Waals surface area contributed by atoms with Crippen LogP contribution in [0.4, 0.5) is 11.4 Å². The highest BCUT2D eigenvalue weighted by Crippen LogP contribution is 2.15. The maximum absolute atomic E-state index is 11.5. The molecule has 1 aromatic rings. The fraction of sp³-hybridized carbons (Fsp3) is 0.364. The number of ether oxygens (including phenoxy) is 1. The van der Waals surface area contributed by atoms with Gasteiger partial charge in [0.1, 0.15) is 6.61 Å². The first-order valence-corrected chi connectivity index (χ1v) is 7.45. The molecule has 1 aromatic carbocycles. The molecule has 0 saturated carbocycles. The second-order valence-electron chi connectivity index (χ2n) is 3.84. The van der Waals surface area contributed by atoms with Crippen molar-refractivity contribution < 1.29 is 17.9 Å². The summed E-state index contributed by atoms with van der Waals surface area (Å²) in [5.41, 5.74) is 6.08. The number of anilines is 2. The number of nitrogens with one attached hydrogen (secondary N) is 2. The number of hydrogen-bond acceptors (Lipinski definition) is 5. The summed E-state index contributed by atoms with van der Waals surface area (Å²) >= 11 is 0. The lowest BCUT2D eigenvalue weighted by Gasteiger charge is -2.08. The van der Waals surface area contributed by atoms with Crippen molar-refractivity contribution in [1.82, 2.24) is 0 Å². The van der Waals surface area contributed by atoms with E-state index >= 15 is 0 Å². The van der Waals surface area contributed by atoms with E-state index in [0.29, 0.717) is 24.5 Å². The van der Waals surface area contributed by atoms with Crippen LogP contribution in [0.1, 0.15) is 0 Å². The van der Waals surface area contributed by atoms with E-state index in [4.69, 9.17) is 10.5 Å². The number of sulfonamides is 1. The molecule has 8 heteroatoms. The molecule has 4 N–H and O–H groups in total. The van der Waals surface area contributed by atoms with E-state index in [1.165, 1.54) is 6.07 Å². The van der Waals surface area contributed by atoms with Crippen LogP contribution in [0, 0.1) is 0 Å². The smallest absolute Gasteiger partial charge is 0.250 e. The van der Waals surface area contributed by atoms with Crippen LogP contribution in [0.5, 0.6) is 0 Å². The van der Waals surface area contributed by atoms with Crippen molar-refractivity contribution >= 4 is 27.3 Å². The SMILES string of the molecule is CS(=O)(=O)Nc1cccc(NC(=O)COCCN)c1. The quantitative estimate of drug-likeness (QED) is 0.610. The Kier molecular flexibility index (Phi) is 5.74. The highest BCUT2D eigenvalue weighted by Gasteiger charge is 2.05. The fourth-order valence-corrected chi connectivity index (χ4v) is 1.87. The first-order valence-electron chi connectivity index (χ1n) is 5.56. The fourth-order valence-electron chi connectivity index (χ4n) is 1.32. The Morgan fingerprint density at radius 2 is 2.05 bits per heavy atom. The van der Waals surface area contributed by atoms with Gasteiger partial charge in [0.15, 0.2) is 0 Å². The van der Waals surface area contributed by atoms with Crippen LogP contribution in [-0.4, -0.2) is 40.3 Å². The lowest BCUT2D eigenvalue weighted by Crippen LogP contribution is -2.20. The van der Waals surface area contributed by atoms with Crippen molar-refractivity contribution in [2.24, 2.45) is 5.73 Å². The van der Waals surface area contributed by atoms with E-state index in [-0.39, 0.29) is 12.5 Å². The summed E-state index contributed by atoms with van der Waals surface area (Å²) in [7, 11) is -3.34. The van der Waals surface area contributed by atoms with Crippen LogP contribution in [0.3, 0.4) is 0 Å². The molecule has 0 spiro atoms. The van der Waals surface area contributed by atoms with Gasteiger partial charge in [0.05, 0.1) is 18.6 Å². The van der Waals surface area contributed by atoms with Crippen molar-refractivity contribution in [2.75, 3.05) is 36.1 Å². The number of rotatable bonds is 7. The molecular formula is C11H17N3O4S. The highest BCUT2D eigenvalue weighted by molar-refractivity contribution is 7.92. The van der Waals surface area contributed by atoms with E-state index in [2.05, 4.69) is 10.0 Å². The van der Waals surface area contributed by atoms with Gasteiger partial charge in [-0.15, -0.1) is 0 Å². The van der Waals surface area contributed by atoms with Crippen molar-refractivity contribution in [3.8, 4) is 0 Å². The zero-order valence-electron chi connectivity index (χ0n) is 10.5. The first kappa shape index (κ1) is 15.4. The molecule has 0 unspecified atom stereocenters. The summed E-state index contributed by atoms with van der Waals surface area (Å²) in [5.74, 6) is -0.329. The minimum Gasteiger partial charge on any atom is -0.370 e. The van der Waals surface area contributed by atoms with Gasteiger partial charge in [-0.3, -0.25) is 9.52 Å². The Labute approximate surface area is 112 Å². The summed E-state index contributed by atoms with van der Waals surface area (Å²) in [5, 5.41) is 2.59. The summed E-state index contributed by atoms with van der Waals surface area (Å²) in [6.07, 6.45) is 1.05. The molecule has 19 heavy (non-hydrogen) atoms. The zero-order valence-corrected chi connectivity index (χ0v) is 11.4. The van der Waals surface area contributed by atoms with Gasteiger partial charge in [-0.1, -0.05) is 6.07 Å². The maximum atomic E-state index is 11.5. The van der Waals surface area contributed by atoms with E-state index in [9.17, 15) is 13.2 Å². The number of carbonyl (C=O) groups is 1. The monoisotopic (exact) mass is 287 g/mol. The van der Waals surface area contributed by atoms with E-state index in [0.717, 1.165) is 6.26 Å². The van der Waals surface area contributed by atoms with E-state index < -0.39 is 10.0 Å². The number of amides is 1. The van der Waals surface area contributed by atoms with E-state index in [1.54, 1.807) is 18.2 Å². The summed E-state index contributed by atoms with van der Waals surface area (Å²) in [4.78, 5) is 11.5. The summed E-state index contributed by atoms with van der Waals surface area (Å²) in [6, 6.07) is 6.38. The van der Waals surface area contributed by atoms with Crippen LogP contribution in [0.2, 0.25) is 0 Å². The van der Waals surface area contributed by atoms with Crippen molar-refractivity contribution in [3.05, 3.63) is 24.3 Å². The highest BCUT2D eigenvalue weighted by atomic mass is 32.2. The second-order valence-corrected chi connectivity index (χ2v) is 5.59. The number of nitrogens with two attached hydrogens (primary N) is 1. The number of carbonyl (C=O) groups excluding carboxylic acids is 1. The molecule has 0 fully saturated rings. The summed E-state index contributed by atoms with van der Waals surface area (Å²) in [6.45, 7) is 0.561. The lowest BCUT2D eigenvalue weighted by atomic mass is 10.3. The number of benzene rings is 1. The Morgan fingerprint density at radius 3 is 2.68 bits per heavy atom. The Bertz CT molecular complexity index is 530. The van der Waals surface area contributed by atoms with Gasteiger partial charge in [0.25, 0.3) is 0 Å². The Balaban J connectivity index is 2.59. The maximum Gasteiger partial charge on any atom is 0.250 e. The molecule has 0 aliphatic heterocycles. The van der Waals surface area contributed by atoms with Gasteiger partial charge in [-0.2, -0.15) is 0 Å².